The van der Waals surface area contributed by atoms with Crippen molar-refractivity contribution in [2.45, 2.75) is 59.5 Å². The number of hydrogen-bond acceptors (Lipinski definition) is 3. The van der Waals surface area contributed by atoms with Crippen molar-refractivity contribution in [3.63, 3.8) is 0 Å². The summed E-state index contributed by atoms with van der Waals surface area (Å²) in [5.41, 5.74) is 1.34. The number of carbonyl (C=O) groups excluding carboxylic acids is 1. The van der Waals surface area contributed by atoms with E-state index in [0.717, 1.165) is 11.1 Å². The lowest BCUT2D eigenvalue weighted by Gasteiger charge is -2.24. The van der Waals surface area contributed by atoms with Gasteiger partial charge in [0.25, 0.3) is 0 Å². The number of phenols is 1. The molecule has 0 aliphatic carbocycles. The number of esters is 1. The largest absolute Gasteiger partial charge is 0.507 e. The van der Waals surface area contributed by atoms with Gasteiger partial charge in [0.15, 0.2) is 0 Å². The van der Waals surface area contributed by atoms with Crippen molar-refractivity contribution in [2.24, 2.45) is 0 Å². The Morgan fingerprint density at radius 2 is 1.63 bits per heavy atom. The summed E-state index contributed by atoms with van der Waals surface area (Å²) >= 11 is 0. The van der Waals surface area contributed by atoms with E-state index in [2.05, 4.69) is 20.8 Å². The van der Waals surface area contributed by atoms with Gasteiger partial charge in [-0.3, -0.25) is 0 Å². The van der Waals surface area contributed by atoms with Gasteiger partial charge in [-0.05, 0) is 50.3 Å². The van der Waals surface area contributed by atoms with Crippen LogP contribution in [0.15, 0.2) is 12.1 Å². The molecule has 0 saturated heterocycles. The Morgan fingerprint density at radius 1 is 1.11 bits per heavy atom. The molecule has 3 heteroatoms. The number of hydrogen-bond donors (Lipinski definition) is 1. The van der Waals surface area contributed by atoms with Crippen molar-refractivity contribution in [3.8, 4) is 5.75 Å². The van der Waals surface area contributed by atoms with Gasteiger partial charge in [-0.2, -0.15) is 0 Å². The molecule has 0 atom stereocenters. The van der Waals surface area contributed by atoms with Crippen molar-refractivity contribution in [3.05, 3.63) is 28.8 Å². The Balaban J connectivity index is 3.21. The predicted molar refractivity (Wildman–Crippen MR) is 76.7 cm³/mol. The van der Waals surface area contributed by atoms with Crippen LogP contribution in [-0.4, -0.2) is 16.7 Å². The third kappa shape index (κ3) is 3.72. The van der Waals surface area contributed by atoms with Gasteiger partial charge in [0.05, 0.1) is 0 Å². The van der Waals surface area contributed by atoms with Crippen molar-refractivity contribution < 1.29 is 14.6 Å². The minimum Gasteiger partial charge on any atom is -0.507 e. The average molecular weight is 264 g/mol. The first-order chi connectivity index (χ1) is 8.43. The predicted octanol–water partition coefficient (Wildman–Crippen LogP) is 3.95. The molecule has 0 radical (unpaired) electrons. The van der Waals surface area contributed by atoms with E-state index in [-0.39, 0.29) is 16.7 Å². The molecule has 1 aromatic rings. The summed E-state index contributed by atoms with van der Waals surface area (Å²) in [7, 11) is 0. The molecular weight excluding hydrogens is 240 g/mol. The summed E-state index contributed by atoms with van der Waals surface area (Å²) in [5, 5.41) is 10.2. The maximum absolute atomic E-state index is 12.0. The lowest BCUT2D eigenvalue weighted by Crippen LogP contribution is -2.24. The van der Waals surface area contributed by atoms with Gasteiger partial charge in [0.1, 0.15) is 16.9 Å². The van der Waals surface area contributed by atoms with E-state index in [0.29, 0.717) is 0 Å². The van der Waals surface area contributed by atoms with E-state index in [9.17, 15) is 9.90 Å². The number of benzene rings is 1. The number of ether oxygens (including phenoxy) is 1. The second kappa shape index (κ2) is 4.87. The highest BCUT2D eigenvalue weighted by Crippen LogP contribution is 2.33. The maximum atomic E-state index is 12.0. The normalized spacial score (nSPS) is 12.4. The van der Waals surface area contributed by atoms with E-state index in [4.69, 9.17) is 4.74 Å². The first-order valence-corrected chi connectivity index (χ1v) is 6.50. The van der Waals surface area contributed by atoms with Gasteiger partial charge in [-0.15, -0.1) is 0 Å². The molecule has 1 aromatic carbocycles. The topological polar surface area (TPSA) is 46.5 Å². The van der Waals surface area contributed by atoms with Crippen LogP contribution in [0.4, 0.5) is 0 Å². The zero-order valence-corrected chi connectivity index (χ0v) is 12.9. The van der Waals surface area contributed by atoms with Crippen LogP contribution in [0.1, 0.15) is 63.0 Å². The molecule has 0 unspecified atom stereocenters. The van der Waals surface area contributed by atoms with Crippen LogP contribution < -0.4 is 0 Å². The number of aromatic hydroxyl groups is 1. The summed E-state index contributed by atoms with van der Waals surface area (Å²) in [6, 6.07) is 3.52. The third-order valence-corrected chi connectivity index (χ3v) is 2.86. The third-order valence-electron chi connectivity index (χ3n) is 2.86. The Morgan fingerprint density at radius 3 is 2.05 bits per heavy atom. The van der Waals surface area contributed by atoms with E-state index >= 15 is 0 Å². The van der Waals surface area contributed by atoms with E-state index in [1.54, 1.807) is 26.8 Å². The maximum Gasteiger partial charge on any atom is 0.342 e. The van der Waals surface area contributed by atoms with Gasteiger partial charge >= 0.3 is 5.97 Å². The van der Waals surface area contributed by atoms with Gasteiger partial charge in [0.2, 0.25) is 0 Å². The highest BCUT2D eigenvalue weighted by atomic mass is 16.6. The van der Waals surface area contributed by atoms with Crippen LogP contribution in [0.5, 0.6) is 5.75 Å². The van der Waals surface area contributed by atoms with Crippen LogP contribution in [0, 0.1) is 6.92 Å². The molecule has 0 aliphatic rings. The molecule has 0 bridgehead atoms. The van der Waals surface area contributed by atoms with E-state index in [1.807, 2.05) is 13.0 Å². The molecular formula is C16H24O3. The molecule has 0 aliphatic heterocycles. The molecule has 1 rings (SSSR count). The molecule has 0 amide bonds. The van der Waals surface area contributed by atoms with Gasteiger partial charge in [-0.1, -0.05) is 26.8 Å². The fourth-order valence-corrected chi connectivity index (χ4v) is 2.01. The van der Waals surface area contributed by atoms with E-state index < -0.39 is 11.6 Å². The molecule has 0 saturated carbocycles. The molecule has 0 aromatic heterocycles. The van der Waals surface area contributed by atoms with Crippen molar-refractivity contribution >= 4 is 5.97 Å². The monoisotopic (exact) mass is 264 g/mol. The molecule has 19 heavy (non-hydrogen) atoms. The quantitative estimate of drug-likeness (QED) is 0.781. The number of rotatable bonds is 1. The van der Waals surface area contributed by atoms with Crippen molar-refractivity contribution in [1.82, 2.24) is 0 Å². The summed E-state index contributed by atoms with van der Waals surface area (Å²) in [6.07, 6.45) is 0. The zero-order valence-electron chi connectivity index (χ0n) is 12.9. The minimum atomic E-state index is -0.569. The summed E-state index contributed by atoms with van der Waals surface area (Å²) in [4.78, 5) is 12.0. The van der Waals surface area contributed by atoms with Crippen LogP contribution in [0.3, 0.4) is 0 Å². The first-order valence-electron chi connectivity index (χ1n) is 6.50. The summed E-state index contributed by atoms with van der Waals surface area (Å²) in [6.45, 7) is 13.4. The van der Waals surface area contributed by atoms with Gasteiger partial charge in [0, 0.05) is 0 Å². The lowest BCUT2D eigenvalue weighted by atomic mass is 9.83. The van der Waals surface area contributed by atoms with Gasteiger partial charge in [-0.25, -0.2) is 4.79 Å². The highest BCUT2D eigenvalue weighted by Gasteiger charge is 2.25. The van der Waals surface area contributed by atoms with Crippen molar-refractivity contribution in [2.75, 3.05) is 0 Å². The Labute approximate surface area is 115 Å². The molecule has 1 N–H and O–H groups in total. The summed E-state index contributed by atoms with van der Waals surface area (Å²) < 4.78 is 5.29. The molecule has 3 nitrogen and oxygen atoms in total. The van der Waals surface area contributed by atoms with Crippen LogP contribution in [-0.2, 0) is 10.2 Å². The fourth-order valence-electron chi connectivity index (χ4n) is 2.01. The molecule has 0 spiro atoms. The molecule has 0 heterocycles. The van der Waals surface area contributed by atoms with Crippen LogP contribution >= 0.6 is 0 Å². The highest BCUT2D eigenvalue weighted by molar-refractivity contribution is 5.93. The molecule has 106 valence electrons. The number of carbonyl (C=O) groups is 1. The summed E-state index contributed by atoms with van der Waals surface area (Å²) in [5.74, 6) is -0.477. The van der Waals surface area contributed by atoms with Crippen LogP contribution in [0.2, 0.25) is 0 Å². The van der Waals surface area contributed by atoms with Gasteiger partial charge < -0.3 is 9.84 Å². The standard InChI is InChI=1S/C16H24O3/c1-10-12(15(2,3)4)9-8-11(13(10)17)14(18)19-16(5,6)7/h8-9,17H,1-7H3. The van der Waals surface area contributed by atoms with Crippen molar-refractivity contribution in [1.29, 1.82) is 0 Å². The smallest absolute Gasteiger partial charge is 0.342 e. The Hall–Kier alpha value is -1.51. The zero-order chi connectivity index (χ0) is 15.0. The van der Waals surface area contributed by atoms with E-state index in [1.165, 1.54) is 0 Å². The second-order valence-corrected chi connectivity index (χ2v) is 6.89. The lowest BCUT2D eigenvalue weighted by molar-refractivity contribution is 0.00666. The second-order valence-electron chi connectivity index (χ2n) is 6.89. The molecule has 0 fully saturated rings. The minimum absolute atomic E-state index is 0.0154. The number of phenolic OH excluding ortho intramolecular Hbond substituents is 1. The first kappa shape index (κ1) is 15.5. The fraction of sp³-hybridized carbons (Fsp3) is 0.562. The average Bonchev–Trinajstić information content (AvgIpc) is 2.17. The Bertz CT molecular complexity index is 488. The SMILES string of the molecule is Cc1c(C(C)(C)C)ccc(C(=O)OC(C)(C)C)c1O. The Kier molecular flexibility index (Phi) is 3.99. The van der Waals surface area contributed by atoms with Crippen LogP contribution in [0.25, 0.3) is 0 Å².